The van der Waals surface area contributed by atoms with Gasteiger partial charge in [0.15, 0.2) is 0 Å². The van der Waals surface area contributed by atoms with Gasteiger partial charge < -0.3 is 10.1 Å². The maximum Gasteiger partial charge on any atom is 0.120 e. The van der Waals surface area contributed by atoms with Crippen LogP contribution in [0.5, 0.6) is 5.75 Å². The van der Waals surface area contributed by atoms with Gasteiger partial charge in [0.2, 0.25) is 0 Å². The number of benzene rings is 1. The molecule has 2 nitrogen and oxygen atoms in total. The average molecular weight is 254 g/mol. The van der Waals surface area contributed by atoms with Crippen LogP contribution < -0.4 is 10.1 Å². The number of ether oxygens (including phenoxy) is 1. The highest BCUT2D eigenvalue weighted by Crippen LogP contribution is 2.30. The smallest absolute Gasteiger partial charge is 0.120 e. The van der Waals surface area contributed by atoms with Crippen molar-refractivity contribution >= 4 is 11.6 Å². The first-order chi connectivity index (χ1) is 8.10. The summed E-state index contributed by atoms with van der Waals surface area (Å²) >= 11 is 6.13. The van der Waals surface area contributed by atoms with Gasteiger partial charge in [-0.25, -0.2) is 0 Å². The van der Waals surface area contributed by atoms with Crippen molar-refractivity contribution in [3.05, 3.63) is 28.3 Å². The molecule has 3 heteroatoms. The number of hydrogen-bond acceptors (Lipinski definition) is 2. The normalized spacial score (nSPS) is 23.3. The highest BCUT2D eigenvalue weighted by atomic mass is 35.5. The van der Waals surface area contributed by atoms with Crippen LogP contribution in [-0.2, 0) is 0 Å². The van der Waals surface area contributed by atoms with Crippen LogP contribution in [0.15, 0.2) is 12.1 Å². The quantitative estimate of drug-likeness (QED) is 0.887. The topological polar surface area (TPSA) is 21.3 Å². The summed E-state index contributed by atoms with van der Waals surface area (Å²) in [6.07, 6.45) is 2.57. The number of hydrogen-bond donors (Lipinski definition) is 1. The fourth-order valence-electron chi connectivity index (χ4n) is 2.28. The molecule has 1 saturated carbocycles. The second-order valence-corrected chi connectivity index (χ2v) is 5.21. The van der Waals surface area contributed by atoms with Gasteiger partial charge in [0.25, 0.3) is 0 Å². The van der Waals surface area contributed by atoms with Crippen LogP contribution in [-0.4, -0.2) is 18.7 Å². The highest BCUT2D eigenvalue weighted by molar-refractivity contribution is 6.32. The molecule has 0 bridgehead atoms. The lowest BCUT2D eigenvalue weighted by molar-refractivity contribution is 0.0858. The molecule has 0 atom stereocenters. The molecular weight excluding hydrogens is 234 g/mol. The summed E-state index contributed by atoms with van der Waals surface area (Å²) in [5.74, 6) is 0.948. The molecule has 94 valence electrons. The summed E-state index contributed by atoms with van der Waals surface area (Å²) in [6.45, 7) is 7.21. The van der Waals surface area contributed by atoms with E-state index in [1.54, 1.807) is 0 Å². The van der Waals surface area contributed by atoms with Crippen molar-refractivity contribution in [1.29, 1.82) is 0 Å². The minimum Gasteiger partial charge on any atom is -0.490 e. The zero-order valence-electron chi connectivity index (χ0n) is 10.7. The van der Waals surface area contributed by atoms with Crippen LogP contribution in [0.1, 0.15) is 30.9 Å². The van der Waals surface area contributed by atoms with Crippen LogP contribution in [0.2, 0.25) is 5.02 Å². The Kier molecular flexibility index (Phi) is 3.95. The lowest BCUT2D eigenvalue weighted by Crippen LogP contribution is -2.46. The standard InChI is InChI=1S/C14H20ClNO/c1-4-16-11-7-13(8-11)17-12-5-9(2)14(15)10(3)6-12/h5-6,11,13,16H,4,7-8H2,1-3H3. The van der Waals surface area contributed by atoms with E-state index in [0.717, 1.165) is 41.3 Å². The Morgan fingerprint density at radius 2 is 1.88 bits per heavy atom. The van der Waals surface area contributed by atoms with Gasteiger partial charge in [-0.3, -0.25) is 0 Å². The van der Waals surface area contributed by atoms with E-state index >= 15 is 0 Å². The molecule has 0 aliphatic heterocycles. The van der Waals surface area contributed by atoms with Gasteiger partial charge in [0.05, 0.1) is 0 Å². The average Bonchev–Trinajstić information content (AvgIpc) is 2.23. The summed E-state index contributed by atoms with van der Waals surface area (Å²) in [5, 5.41) is 4.27. The Morgan fingerprint density at radius 1 is 1.29 bits per heavy atom. The number of rotatable bonds is 4. The first-order valence-electron chi connectivity index (χ1n) is 6.27. The molecule has 1 fully saturated rings. The van der Waals surface area contributed by atoms with Gasteiger partial charge in [-0.1, -0.05) is 18.5 Å². The van der Waals surface area contributed by atoms with Crippen molar-refractivity contribution < 1.29 is 4.74 Å². The second-order valence-electron chi connectivity index (χ2n) is 4.84. The van der Waals surface area contributed by atoms with Gasteiger partial charge in [-0.2, -0.15) is 0 Å². The Balaban J connectivity index is 1.92. The van der Waals surface area contributed by atoms with Crippen LogP contribution in [0.4, 0.5) is 0 Å². The summed E-state index contributed by atoms with van der Waals surface area (Å²) in [5.41, 5.74) is 2.17. The minimum absolute atomic E-state index is 0.360. The van der Waals surface area contributed by atoms with Crippen molar-refractivity contribution in [2.75, 3.05) is 6.54 Å². The van der Waals surface area contributed by atoms with Crippen molar-refractivity contribution in [3.63, 3.8) is 0 Å². The Bertz CT molecular complexity index is 376. The van der Waals surface area contributed by atoms with E-state index in [-0.39, 0.29) is 0 Å². The van der Waals surface area contributed by atoms with Crippen LogP contribution in [0, 0.1) is 13.8 Å². The summed E-state index contributed by atoms with van der Waals surface area (Å²) in [7, 11) is 0. The van der Waals surface area contributed by atoms with E-state index < -0.39 is 0 Å². The van der Waals surface area contributed by atoms with Crippen LogP contribution in [0.25, 0.3) is 0 Å². The third-order valence-electron chi connectivity index (χ3n) is 3.30. The van der Waals surface area contributed by atoms with Gasteiger partial charge >= 0.3 is 0 Å². The molecule has 0 spiro atoms. The summed E-state index contributed by atoms with van der Waals surface area (Å²) in [4.78, 5) is 0. The van der Waals surface area contributed by atoms with Crippen molar-refractivity contribution in [3.8, 4) is 5.75 Å². The Hall–Kier alpha value is -0.730. The van der Waals surface area contributed by atoms with Crippen molar-refractivity contribution in [1.82, 2.24) is 5.32 Å². The Morgan fingerprint density at radius 3 is 2.41 bits per heavy atom. The monoisotopic (exact) mass is 253 g/mol. The predicted molar refractivity (Wildman–Crippen MR) is 72.0 cm³/mol. The molecule has 1 aliphatic carbocycles. The summed E-state index contributed by atoms with van der Waals surface area (Å²) in [6, 6.07) is 4.69. The maximum atomic E-state index is 6.13. The maximum absolute atomic E-state index is 6.13. The van der Waals surface area contributed by atoms with Crippen molar-refractivity contribution in [2.24, 2.45) is 0 Å². The fourth-order valence-corrected chi connectivity index (χ4v) is 2.39. The predicted octanol–water partition coefficient (Wildman–Crippen LogP) is 3.48. The molecule has 0 saturated heterocycles. The van der Waals surface area contributed by atoms with E-state index in [1.807, 2.05) is 26.0 Å². The van der Waals surface area contributed by atoms with E-state index in [2.05, 4.69) is 12.2 Å². The molecular formula is C14H20ClNO. The molecule has 1 aliphatic rings. The fraction of sp³-hybridized carbons (Fsp3) is 0.571. The first kappa shape index (κ1) is 12.7. The lowest BCUT2D eigenvalue weighted by Gasteiger charge is -2.36. The molecule has 1 aromatic carbocycles. The number of halogens is 1. The van der Waals surface area contributed by atoms with E-state index in [0.29, 0.717) is 12.1 Å². The SMILES string of the molecule is CCNC1CC(Oc2cc(C)c(Cl)c(C)c2)C1. The minimum atomic E-state index is 0.360. The van der Waals surface area contributed by atoms with E-state index in [9.17, 15) is 0 Å². The van der Waals surface area contributed by atoms with E-state index in [1.165, 1.54) is 0 Å². The van der Waals surface area contributed by atoms with Crippen LogP contribution in [0.3, 0.4) is 0 Å². The molecule has 0 amide bonds. The zero-order chi connectivity index (χ0) is 12.4. The lowest BCUT2D eigenvalue weighted by atomic mass is 9.89. The first-order valence-corrected chi connectivity index (χ1v) is 6.64. The molecule has 1 aromatic rings. The third kappa shape index (κ3) is 2.93. The second kappa shape index (κ2) is 5.28. The molecule has 0 radical (unpaired) electrons. The third-order valence-corrected chi connectivity index (χ3v) is 3.90. The Labute approximate surface area is 108 Å². The number of nitrogens with one attached hydrogen (secondary N) is 1. The number of aryl methyl sites for hydroxylation is 2. The van der Waals surface area contributed by atoms with Gasteiger partial charge in [0.1, 0.15) is 11.9 Å². The van der Waals surface area contributed by atoms with Gasteiger partial charge in [-0.05, 0) is 56.5 Å². The molecule has 0 aromatic heterocycles. The molecule has 0 heterocycles. The van der Waals surface area contributed by atoms with Crippen molar-refractivity contribution in [2.45, 2.75) is 45.8 Å². The highest BCUT2D eigenvalue weighted by Gasteiger charge is 2.30. The van der Waals surface area contributed by atoms with Gasteiger partial charge in [0, 0.05) is 11.1 Å². The largest absolute Gasteiger partial charge is 0.490 e. The van der Waals surface area contributed by atoms with E-state index in [4.69, 9.17) is 16.3 Å². The molecule has 0 unspecified atom stereocenters. The van der Waals surface area contributed by atoms with Crippen LogP contribution >= 0.6 is 11.6 Å². The summed E-state index contributed by atoms with van der Waals surface area (Å²) < 4.78 is 5.94. The van der Waals surface area contributed by atoms with Gasteiger partial charge in [-0.15, -0.1) is 0 Å². The molecule has 17 heavy (non-hydrogen) atoms. The zero-order valence-corrected chi connectivity index (χ0v) is 11.5. The molecule has 1 N–H and O–H groups in total. The molecule has 2 rings (SSSR count).